The maximum absolute atomic E-state index is 13.3. The van der Waals surface area contributed by atoms with Crippen LogP contribution < -0.4 is 5.32 Å². The van der Waals surface area contributed by atoms with E-state index in [1.54, 1.807) is 0 Å². The van der Waals surface area contributed by atoms with Crippen molar-refractivity contribution in [2.75, 3.05) is 18.5 Å². The van der Waals surface area contributed by atoms with Crippen LogP contribution in [-0.4, -0.2) is 35.0 Å². The number of anilines is 1. The molecule has 1 aromatic carbocycles. The van der Waals surface area contributed by atoms with Crippen LogP contribution in [0.4, 0.5) is 14.5 Å². The first-order valence-corrected chi connectivity index (χ1v) is 6.33. The number of hydrogen-bond acceptors (Lipinski definition) is 4. The molecular formula is C12H9BrF2N2O3. The molecule has 0 unspecified atom stereocenters. The minimum absolute atomic E-state index is 0.0132. The van der Waals surface area contributed by atoms with E-state index in [0.717, 1.165) is 17.0 Å². The number of nitrogens with one attached hydrogen (secondary N) is 1. The van der Waals surface area contributed by atoms with Crippen LogP contribution in [0.3, 0.4) is 0 Å². The molecule has 0 radical (unpaired) electrons. The Morgan fingerprint density at radius 1 is 1.30 bits per heavy atom. The van der Waals surface area contributed by atoms with Crippen molar-refractivity contribution in [2.45, 2.75) is 0 Å². The molecule has 0 atom stereocenters. The van der Waals surface area contributed by atoms with Gasteiger partial charge in [-0.25, -0.2) is 8.78 Å². The van der Waals surface area contributed by atoms with Gasteiger partial charge in [-0.2, -0.15) is 0 Å². The summed E-state index contributed by atoms with van der Waals surface area (Å²) in [4.78, 5) is 24.2. The van der Waals surface area contributed by atoms with Gasteiger partial charge in [0.2, 0.25) is 0 Å². The van der Waals surface area contributed by atoms with Gasteiger partial charge in [-0.05, 0) is 22.0 Å². The molecule has 106 valence electrons. The van der Waals surface area contributed by atoms with Crippen LogP contribution in [0.5, 0.6) is 0 Å². The summed E-state index contributed by atoms with van der Waals surface area (Å²) in [6, 6.07) is 1.67. The predicted molar refractivity (Wildman–Crippen MR) is 69.6 cm³/mol. The lowest BCUT2D eigenvalue weighted by molar-refractivity contribution is -0.137. The number of aliphatic hydroxyl groups excluding tert-OH is 1. The summed E-state index contributed by atoms with van der Waals surface area (Å²) < 4.78 is 26.4. The maximum atomic E-state index is 13.3. The van der Waals surface area contributed by atoms with Crippen molar-refractivity contribution < 1.29 is 23.5 Å². The van der Waals surface area contributed by atoms with Gasteiger partial charge in [0.05, 0.1) is 23.3 Å². The third kappa shape index (κ3) is 2.70. The lowest BCUT2D eigenvalue weighted by atomic mass is 10.3. The summed E-state index contributed by atoms with van der Waals surface area (Å²) in [5, 5.41) is 11.3. The van der Waals surface area contributed by atoms with E-state index in [-0.39, 0.29) is 29.0 Å². The van der Waals surface area contributed by atoms with Crippen LogP contribution in [0, 0.1) is 11.6 Å². The highest BCUT2D eigenvalue weighted by Gasteiger charge is 2.31. The van der Waals surface area contributed by atoms with Crippen molar-refractivity contribution in [3.8, 4) is 0 Å². The zero-order valence-corrected chi connectivity index (χ0v) is 11.6. The maximum Gasteiger partial charge on any atom is 0.277 e. The highest BCUT2D eigenvalue weighted by molar-refractivity contribution is 9.10. The standard InChI is InChI=1S/C12H9BrF2N2O3/c13-11-7(15)3-6(14)4-8(11)16-9-5-10(19)17(1-2-18)12(9)20/h3-5,16,18H,1-2H2. The van der Waals surface area contributed by atoms with Gasteiger partial charge in [-0.1, -0.05) is 0 Å². The molecule has 0 aliphatic carbocycles. The lowest BCUT2D eigenvalue weighted by Gasteiger charge is -2.14. The number of nitrogens with zero attached hydrogens (tertiary/aromatic N) is 1. The van der Waals surface area contributed by atoms with Crippen LogP contribution in [0.1, 0.15) is 0 Å². The minimum atomic E-state index is -0.836. The number of carbonyl (C=O) groups is 2. The Morgan fingerprint density at radius 2 is 2.00 bits per heavy atom. The molecule has 1 aromatic rings. The Labute approximate surface area is 121 Å². The number of carbonyl (C=O) groups excluding carboxylic acids is 2. The third-order valence-electron chi connectivity index (χ3n) is 2.60. The molecule has 2 amide bonds. The number of imide groups is 1. The highest BCUT2D eigenvalue weighted by Crippen LogP contribution is 2.29. The van der Waals surface area contributed by atoms with Crippen molar-refractivity contribution in [3.63, 3.8) is 0 Å². The van der Waals surface area contributed by atoms with E-state index in [4.69, 9.17) is 5.11 Å². The smallest absolute Gasteiger partial charge is 0.277 e. The summed E-state index contributed by atoms with van der Waals surface area (Å²) >= 11 is 2.92. The number of hydrogen-bond donors (Lipinski definition) is 2. The highest BCUT2D eigenvalue weighted by atomic mass is 79.9. The summed E-state index contributed by atoms with van der Waals surface area (Å²) in [6.07, 6.45) is 1.01. The van der Waals surface area contributed by atoms with Crippen LogP contribution in [0.2, 0.25) is 0 Å². The Bertz CT molecular complexity index is 619. The minimum Gasteiger partial charge on any atom is -0.395 e. The average Bonchev–Trinajstić information content (AvgIpc) is 2.63. The fourth-order valence-corrected chi connectivity index (χ4v) is 2.03. The summed E-state index contributed by atoms with van der Waals surface area (Å²) in [5.41, 5.74) is -0.130. The Hall–Kier alpha value is -1.80. The summed E-state index contributed by atoms with van der Waals surface area (Å²) in [6.45, 7) is -0.505. The molecule has 5 nitrogen and oxygen atoms in total. The normalized spacial score (nSPS) is 14.8. The molecule has 0 spiro atoms. The van der Waals surface area contributed by atoms with Gasteiger partial charge >= 0.3 is 0 Å². The zero-order valence-electron chi connectivity index (χ0n) is 9.99. The second kappa shape index (κ2) is 5.68. The fourth-order valence-electron chi connectivity index (χ4n) is 1.70. The van der Waals surface area contributed by atoms with Crippen molar-refractivity contribution >= 4 is 33.4 Å². The van der Waals surface area contributed by atoms with Gasteiger partial charge in [-0.3, -0.25) is 14.5 Å². The van der Waals surface area contributed by atoms with Gasteiger partial charge in [0, 0.05) is 12.1 Å². The topological polar surface area (TPSA) is 69.6 Å². The quantitative estimate of drug-likeness (QED) is 0.638. The summed E-state index contributed by atoms with van der Waals surface area (Å²) in [7, 11) is 0. The Kier molecular flexibility index (Phi) is 4.15. The van der Waals surface area contributed by atoms with Crippen LogP contribution in [0.15, 0.2) is 28.4 Å². The molecule has 1 aliphatic rings. The first-order chi connectivity index (χ1) is 9.43. The molecular weight excluding hydrogens is 338 g/mol. The molecule has 0 aromatic heterocycles. The first-order valence-electron chi connectivity index (χ1n) is 5.54. The lowest BCUT2D eigenvalue weighted by Crippen LogP contribution is -2.34. The number of halogens is 3. The van der Waals surface area contributed by atoms with E-state index in [2.05, 4.69) is 21.2 Å². The van der Waals surface area contributed by atoms with Crippen molar-refractivity contribution in [3.05, 3.63) is 40.0 Å². The largest absolute Gasteiger partial charge is 0.395 e. The van der Waals surface area contributed by atoms with Gasteiger partial charge in [0.1, 0.15) is 17.3 Å². The van der Waals surface area contributed by atoms with Crippen molar-refractivity contribution in [1.82, 2.24) is 4.90 Å². The Balaban J connectivity index is 2.26. The molecule has 0 saturated carbocycles. The first kappa shape index (κ1) is 14.6. The SMILES string of the molecule is O=C1C=C(Nc2cc(F)cc(F)c2Br)C(=O)N1CCO. The molecule has 20 heavy (non-hydrogen) atoms. The molecule has 2 rings (SSSR count). The van der Waals surface area contributed by atoms with E-state index >= 15 is 0 Å². The van der Waals surface area contributed by atoms with E-state index in [0.29, 0.717) is 6.07 Å². The van der Waals surface area contributed by atoms with E-state index in [1.165, 1.54) is 0 Å². The van der Waals surface area contributed by atoms with Gasteiger partial charge in [0.25, 0.3) is 11.8 Å². The van der Waals surface area contributed by atoms with Crippen LogP contribution in [-0.2, 0) is 9.59 Å². The third-order valence-corrected chi connectivity index (χ3v) is 3.40. The van der Waals surface area contributed by atoms with Gasteiger partial charge < -0.3 is 10.4 Å². The van der Waals surface area contributed by atoms with E-state index in [9.17, 15) is 18.4 Å². The van der Waals surface area contributed by atoms with Gasteiger partial charge in [0.15, 0.2) is 0 Å². The Morgan fingerprint density at radius 3 is 2.65 bits per heavy atom. The predicted octanol–water partition coefficient (Wildman–Crippen LogP) is 1.38. The number of amides is 2. The molecule has 1 heterocycles. The molecule has 8 heteroatoms. The van der Waals surface area contributed by atoms with Crippen molar-refractivity contribution in [1.29, 1.82) is 0 Å². The second-order valence-electron chi connectivity index (χ2n) is 3.95. The molecule has 0 saturated heterocycles. The molecule has 1 aliphatic heterocycles. The van der Waals surface area contributed by atoms with E-state index < -0.39 is 23.4 Å². The molecule has 2 N–H and O–H groups in total. The fraction of sp³-hybridized carbons (Fsp3) is 0.167. The summed E-state index contributed by atoms with van der Waals surface area (Å²) in [5.74, 6) is -2.92. The monoisotopic (exact) mass is 346 g/mol. The average molecular weight is 347 g/mol. The molecule has 0 fully saturated rings. The zero-order chi connectivity index (χ0) is 14.9. The van der Waals surface area contributed by atoms with Crippen LogP contribution in [0.25, 0.3) is 0 Å². The molecule has 0 bridgehead atoms. The number of benzene rings is 1. The van der Waals surface area contributed by atoms with E-state index in [1.807, 2.05) is 0 Å². The van der Waals surface area contributed by atoms with Crippen molar-refractivity contribution in [2.24, 2.45) is 0 Å². The number of rotatable bonds is 4. The second-order valence-corrected chi connectivity index (χ2v) is 4.74. The van der Waals surface area contributed by atoms with Gasteiger partial charge in [-0.15, -0.1) is 0 Å². The number of aliphatic hydroxyl groups is 1. The van der Waals surface area contributed by atoms with Crippen LogP contribution >= 0.6 is 15.9 Å². The number of β-amino-alcohol motifs (C(OH)–C–C–N with tert-alkyl or cyclic N) is 1.